The molecule has 18 heavy (non-hydrogen) atoms. The van der Waals surface area contributed by atoms with Crippen molar-refractivity contribution in [2.75, 3.05) is 19.6 Å². The van der Waals surface area contributed by atoms with Crippen molar-refractivity contribution in [3.63, 3.8) is 0 Å². The molecule has 100 valence electrons. The lowest BCUT2D eigenvalue weighted by Crippen LogP contribution is -2.50. The third-order valence-electron chi connectivity index (χ3n) is 2.96. The van der Waals surface area contributed by atoms with Crippen LogP contribution in [-0.2, 0) is 12.7 Å². The Bertz CT molecular complexity index is 409. The van der Waals surface area contributed by atoms with Crippen molar-refractivity contribution in [2.45, 2.75) is 18.9 Å². The van der Waals surface area contributed by atoms with Crippen LogP contribution in [0.1, 0.15) is 11.1 Å². The van der Waals surface area contributed by atoms with Gasteiger partial charge in [-0.15, -0.1) is 0 Å². The maximum Gasteiger partial charge on any atom is 0.416 e. The van der Waals surface area contributed by atoms with Gasteiger partial charge in [-0.3, -0.25) is 4.90 Å². The Morgan fingerprint density at radius 1 is 1.39 bits per heavy atom. The molecule has 1 aromatic rings. The Kier molecular flexibility index (Phi) is 3.89. The van der Waals surface area contributed by atoms with E-state index in [9.17, 15) is 18.3 Å². The summed E-state index contributed by atoms with van der Waals surface area (Å²) in [7, 11) is 0. The van der Waals surface area contributed by atoms with Gasteiger partial charge in [0.25, 0.3) is 0 Å². The van der Waals surface area contributed by atoms with Gasteiger partial charge in [-0.2, -0.15) is 13.2 Å². The molecule has 0 radical (unpaired) electrons. The predicted molar refractivity (Wildman–Crippen MR) is 60.7 cm³/mol. The number of hydrogen-bond donors (Lipinski definition) is 2. The Balaban J connectivity index is 2.09. The summed E-state index contributed by atoms with van der Waals surface area (Å²) < 4.78 is 37.7. The highest BCUT2D eigenvalue weighted by molar-refractivity contribution is 5.25. The molecule has 0 aromatic heterocycles. The molecule has 1 heterocycles. The number of alkyl halides is 3. The van der Waals surface area contributed by atoms with E-state index >= 15 is 0 Å². The number of nitrogens with one attached hydrogen (secondary N) is 1. The third-order valence-corrected chi connectivity index (χ3v) is 2.96. The van der Waals surface area contributed by atoms with Crippen LogP contribution in [-0.4, -0.2) is 35.9 Å². The molecule has 2 rings (SSSR count). The topological polar surface area (TPSA) is 35.5 Å². The van der Waals surface area contributed by atoms with Gasteiger partial charge in [0, 0.05) is 26.2 Å². The summed E-state index contributed by atoms with van der Waals surface area (Å²) in [5.41, 5.74) is -0.0876. The SMILES string of the molecule is OC1CNCCN1Cc1cccc(C(F)(F)F)c1. The van der Waals surface area contributed by atoms with Crippen molar-refractivity contribution in [1.29, 1.82) is 0 Å². The van der Waals surface area contributed by atoms with Crippen LogP contribution >= 0.6 is 0 Å². The van der Waals surface area contributed by atoms with Crippen molar-refractivity contribution in [2.24, 2.45) is 0 Å². The molecule has 0 spiro atoms. The summed E-state index contributed by atoms with van der Waals surface area (Å²) in [6.45, 7) is 2.12. The van der Waals surface area contributed by atoms with E-state index in [0.29, 0.717) is 25.2 Å². The van der Waals surface area contributed by atoms with E-state index in [1.807, 2.05) is 0 Å². The van der Waals surface area contributed by atoms with Crippen LogP contribution in [0, 0.1) is 0 Å². The van der Waals surface area contributed by atoms with E-state index in [0.717, 1.165) is 18.7 Å². The molecule has 6 heteroatoms. The van der Waals surface area contributed by atoms with Crippen LogP contribution in [0.25, 0.3) is 0 Å². The van der Waals surface area contributed by atoms with Gasteiger partial charge >= 0.3 is 6.18 Å². The largest absolute Gasteiger partial charge is 0.416 e. The zero-order chi connectivity index (χ0) is 13.2. The van der Waals surface area contributed by atoms with Gasteiger partial charge in [0.2, 0.25) is 0 Å². The zero-order valence-electron chi connectivity index (χ0n) is 9.74. The number of halogens is 3. The molecule has 3 nitrogen and oxygen atoms in total. The van der Waals surface area contributed by atoms with E-state index in [1.54, 1.807) is 11.0 Å². The summed E-state index contributed by atoms with van der Waals surface area (Å²) in [5.74, 6) is 0. The molecule has 0 bridgehead atoms. The van der Waals surface area contributed by atoms with Crippen LogP contribution < -0.4 is 5.32 Å². The second kappa shape index (κ2) is 5.26. The lowest BCUT2D eigenvalue weighted by atomic mass is 10.1. The second-order valence-corrected chi connectivity index (χ2v) is 4.35. The third kappa shape index (κ3) is 3.22. The molecule has 0 saturated carbocycles. The minimum absolute atomic E-state index is 0.326. The molecule has 1 aliphatic heterocycles. The first-order valence-electron chi connectivity index (χ1n) is 5.76. The maximum absolute atomic E-state index is 12.6. The molecule has 1 unspecified atom stereocenters. The Morgan fingerprint density at radius 3 is 2.83 bits per heavy atom. The smallest absolute Gasteiger partial charge is 0.377 e. The van der Waals surface area contributed by atoms with E-state index in [4.69, 9.17) is 0 Å². The molecule has 1 aliphatic rings. The number of piperazine rings is 1. The molecular formula is C12H15F3N2O. The second-order valence-electron chi connectivity index (χ2n) is 4.35. The number of benzene rings is 1. The first-order valence-corrected chi connectivity index (χ1v) is 5.76. The standard InChI is InChI=1S/C12H15F3N2O/c13-12(14,15)10-3-1-2-9(6-10)8-17-5-4-16-7-11(17)18/h1-3,6,11,16,18H,4-5,7-8H2. The number of β-amino-alcohol motifs (C(OH)–C–C–N with tert-alkyl or cyclic N) is 1. The lowest BCUT2D eigenvalue weighted by molar-refractivity contribution is -0.137. The van der Waals surface area contributed by atoms with Crippen molar-refractivity contribution < 1.29 is 18.3 Å². The van der Waals surface area contributed by atoms with Gasteiger partial charge in [-0.25, -0.2) is 0 Å². The van der Waals surface area contributed by atoms with Crippen LogP contribution in [0.3, 0.4) is 0 Å². The Hall–Kier alpha value is -1.11. The first kappa shape index (κ1) is 13.3. The number of nitrogens with zero attached hydrogens (tertiary/aromatic N) is 1. The molecule has 1 saturated heterocycles. The van der Waals surface area contributed by atoms with Crippen molar-refractivity contribution >= 4 is 0 Å². The summed E-state index contributed by atoms with van der Waals surface area (Å²) in [4.78, 5) is 1.76. The zero-order valence-corrected chi connectivity index (χ0v) is 9.74. The summed E-state index contributed by atoms with van der Waals surface area (Å²) >= 11 is 0. The summed E-state index contributed by atoms with van der Waals surface area (Å²) in [5, 5.41) is 12.7. The molecule has 1 atom stereocenters. The number of hydrogen-bond acceptors (Lipinski definition) is 3. The Morgan fingerprint density at radius 2 is 2.17 bits per heavy atom. The maximum atomic E-state index is 12.6. The van der Waals surface area contributed by atoms with Gasteiger partial charge in [-0.05, 0) is 11.6 Å². The van der Waals surface area contributed by atoms with Crippen molar-refractivity contribution in [3.05, 3.63) is 35.4 Å². The van der Waals surface area contributed by atoms with E-state index in [1.165, 1.54) is 6.07 Å². The van der Waals surface area contributed by atoms with Crippen LogP contribution in [0.4, 0.5) is 13.2 Å². The van der Waals surface area contributed by atoms with Gasteiger partial charge in [0.15, 0.2) is 0 Å². The van der Waals surface area contributed by atoms with Crippen molar-refractivity contribution in [1.82, 2.24) is 10.2 Å². The van der Waals surface area contributed by atoms with E-state index < -0.39 is 18.0 Å². The molecule has 1 fully saturated rings. The minimum Gasteiger partial charge on any atom is -0.377 e. The average Bonchev–Trinajstić information content (AvgIpc) is 2.31. The Labute approximate surface area is 103 Å². The van der Waals surface area contributed by atoms with Gasteiger partial charge in [0.1, 0.15) is 6.23 Å². The fourth-order valence-corrected chi connectivity index (χ4v) is 2.00. The van der Waals surface area contributed by atoms with E-state index in [2.05, 4.69) is 5.32 Å². The molecule has 1 aromatic carbocycles. The highest BCUT2D eigenvalue weighted by atomic mass is 19.4. The number of rotatable bonds is 2. The van der Waals surface area contributed by atoms with Gasteiger partial charge in [0.05, 0.1) is 5.56 Å². The van der Waals surface area contributed by atoms with Crippen molar-refractivity contribution in [3.8, 4) is 0 Å². The molecule has 0 aliphatic carbocycles. The number of aliphatic hydroxyl groups excluding tert-OH is 1. The van der Waals surface area contributed by atoms with Crippen LogP contribution in [0.2, 0.25) is 0 Å². The average molecular weight is 260 g/mol. The molecule has 2 N–H and O–H groups in total. The summed E-state index contributed by atoms with van der Waals surface area (Å²) in [6, 6.07) is 5.23. The molecular weight excluding hydrogens is 245 g/mol. The van der Waals surface area contributed by atoms with E-state index in [-0.39, 0.29) is 0 Å². The summed E-state index contributed by atoms with van der Waals surface area (Å²) in [6.07, 6.45) is -4.97. The normalized spacial score (nSPS) is 22.1. The van der Waals surface area contributed by atoms with Crippen LogP contribution in [0.15, 0.2) is 24.3 Å². The molecule has 0 amide bonds. The quantitative estimate of drug-likeness (QED) is 0.844. The fraction of sp³-hybridized carbons (Fsp3) is 0.500. The van der Waals surface area contributed by atoms with Gasteiger partial charge in [-0.1, -0.05) is 18.2 Å². The lowest BCUT2D eigenvalue weighted by Gasteiger charge is -2.32. The van der Waals surface area contributed by atoms with Crippen LogP contribution in [0.5, 0.6) is 0 Å². The predicted octanol–water partition coefficient (Wildman–Crippen LogP) is 1.43. The fourth-order valence-electron chi connectivity index (χ4n) is 2.00. The first-order chi connectivity index (χ1) is 8.47. The number of aliphatic hydroxyl groups is 1. The highest BCUT2D eigenvalue weighted by Crippen LogP contribution is 2.29. The van der Waals surface area contributed by atoms with Gasteiger partial charge < -0.3 is 10.4 Å². The highest BCUT2D eigenvalue weighted by Gasteiger charge is 2.30. The monoisotopic (exact) mass is 260 g/mol. The minimum atomic E-state index is -4.32.